The zero-order valence-electron chi connectivity index (χ0n) is 18.2. The van der Waals surface area contributed by atoms with Crippen molar-refractivity contribution in [3.05, 3.63) is 59.1 Å². The standard InChI is InChI=1S/C24H23N5O2S/c1-4-31-18-10-8-17(9-11-18)29(13-6-12-25)24(30)19-15-20(21-7-5-14-32-21)26-23-22(19)16(2)27-28(23)3/h5,7-11,14-15H,4,6,13H2,1-3H3. The number of anilines is 1. The third kappa shape index (κ3) is 4.07. The molecule has 1 aromatic carbocycles. The summed E-state index contributed by atoms with van der Waals surface area (Å²) < 4.78 is 7.23. The summed E-state index contributed by atoms with van der Waals surface area (Å²) in [5, 5.41) is 16.4. The molecule has 0 bridgehead atoms. The third-order valence-corrected chi connectivity index (χ3v) is 6.02. The Morgan fingerprint density at radius 1 is 1.28 bits per heavy atom. The number of ether oxygens (including phenoxy) is 1. The lowest BCUT2D eigenvalue weighted by Crippen LogP contribution is -2.32. The maximum atomic E-state index is 13.9. The molecule has 3 aromatic heterocycles. The molecule has 0 unspecified atom stereocenters. The fourth-order valence-electron chi connectivity index (χ4n) is 3.71. The average molecular weight is 446 g/mol. The summed E-state index contributed by atoms with van der Waals surface area (Å²) >= 11 is 1.57. The molecule has 0 N–H and O–H groups in total. The normalized spacial score (nSPS) is 10.8. The number of carbonyl (C=O) groups is 1. The first kappa shape index (κ1) is 21.5. The van der Waals surface area contributed by atoms with Crippen LogP contribution in [0.1, 0.15) is 29.4 Å². The van der Waals surface area contributed by atoms with E-state index in [-0.39, 0.29) is 18.9 Å². The zero-order valence-corrected chi connectivity index (χ0v) is 19.0. The number of carbonyl (C=O) groups excluding carboxylic acids is 1. The maximum absolute atomic E-state index is 13.9. The SMILES string of the molecule is CCOc1ccc(N(CCC#N)C(=O)c2cc(-c3cccs3)nc3c2c(C)nn3C)cc1. The lowest BCUT2D eigenvalue weighted by Gasteiger charge is -2.23. The second-order valence-electron chi connectivity index (χ2n) is 7.23. The van der Waals surface area contributed by atoms with Crippen LogP contribution < -0.4 is 9.64 Å². The van der Waals surface area contributed by atoms with Gasteiger partial charge in [0.2, 0.25) is 0 Å². The molecule has 0 fully saturated rings. The molecular formula is C24H23N5O2S. The summed E-state index contributed by atoms with van der Waals surface area (Å²) in [5.41, 5.74) is 3.35. The fourth-order valence-corrected chi connectivity index (χ4v) is 4.39. The Morgan fingerprint density at radius 2 is 2.06 bits per heavy atom. The summed E-state index contributed by atoms with van der Waals surface area (Å²) in [4.78, 5) is 21.3. The maximum Gasteiger partial charge on any atom is 0.259 e. The number of aryl methyl sites for hydroxylation is 2. The van der Waals surface area contributed by atoms with E-state index in [0.29, 0.717) is 23.5 Å². The molecule has 0 aliphatic rings. The van der Waals surface area contributed by atoms with E-state index in [1.165, 1.54) is 0 Å². The van der Waals surface area contributed by atoms with Crippen molar-refractivity contribution in [2.75, 3.05) is 18.1 Å². The van der Waals surface area contributed by atoms with Gasteiger partial charge in [-0.1, -0.05) is 6.07 Å². The highest BCUT2D eigenvalue weighted by atomic mass is 32.1. The highest BCUT2D eigenvalue weighted by Gasteiger charge is 2.24. The number of aromatic nitrogens is 3. The van der Waals surface area contributed by atoms with Crippen LogP contribution in [-0.4, -0.2) is 33.8 Å². The topological polar surface area (TPSA) is 84.0 Å². The summed E-state index contributed by atoms with van der Waals surface area (Å²) in [6.45, 7) is 4.65. The van der Waals surface area contributed by atoms with Gasteiger partial charge in [-0.15, -0.1) is 11.3 Å². The predicted molar refractivity (Wildman–Crippen MR) is 126 cm³/mol. The fraction of sp³-hybridized carbons (Fsp3) is 0.250. The minimum absolute atomic E-state index is 0.189. The van der Waals surface area contributed by atoms with Gasteiger partial charge in [0.1, 0.15) is 5.75 Å². The second-order valence-corrected chi connectivity index (χ2v) is 8.18. The number of thiophene rings is 1. The van der Waals surface area contributed by atoms with Gasteiger partial charge in [0.15, 0.2) is 5.65 Å². The summed E-state index contributed by atoms with van der Waals surface area (Å²) in [6.07, 6.45) is 0.219. The first-order valence-electron chi connectivity index (χ1n) is 10.3. The minimum atomic E-state index is -0.189. The Balaban J connectivity index is 1.84. The van der Waals surface area contributed by atoms with E-state index in [9.17, 15) is 10.1 Å². The van der Waals surface area contributed by atoms with Crippen LogP contribution in [0.3, 0.4) is 0 Å². The molecule has 0 atom stereocenters. The molecule has 0 aliphatic heterocycles. The molecule has 0 spiro atoms. The van der Waals surface area contributed by atoms with E-state index < -0.39 is 0 Å². The average Bonchev–Trinajstić information content (AvgIpc) is 3.43. The Morgan fingerprint density at radius 3 is 2.72 bits per heavy atom. The Hall–Kier alpha value is -3.70. The van der Waals surface area contributed by atoms with Crippen molar-refractivity contribution in [2.45, 2.75) is 20.3 Å². The molecule has 0 aliphatic carbocycles. The van der Waals surface area contributed by atoms with Crippen LogP contribution in [0.2, 0.25) is 0 Å². The van der Waals surface area contributed by atoms with Gasteiger partial charge in [-0.3, -0.25) is 9.48 Å². The van der Waals surface area contributed by atoms with E-state index >= 15 is 0 Å². The molecule has 3 heterocycles. The molecule has 1 amide bonds. The van der Waals surface area contributed by atoms with Crippen LogP contribution in [0.4, 0.5) is 5.69 Å². The number of hydrogen-bond donors (Lipinski definition) is 0. The molecule has 32 heavy (non-hydrogen) atoms. The number of hydrogen-bond acceptors (Lipinski definition) is 6. The monoisotopic (exact) mass is 445 g/mol. The van der Waals surface area contributed by atoms with E-state index in [1.54, 1.807) is 20.9 Å². The van der Waals surface area contributed by atoms with Crippen LogP contribution in [0.15, 0.2) is 47.8 Å². The van der Waals surface area contributed by atoms with Crippen molar-refractivity contribution in [1.82, 2.24) is 14.8 Å². The molecule has 0 saturated heterocycles. The number of nitriles is 1. The molecule has 7 nitrogen and oxygen atoms in total. The number of benzene rings is 1. The largest absolute Gasteiger partial charge is 0.494 e. The third-order valence-electron chi connectivity index (χ3n) is 5.12. The number of rotatable bonds is 7. The molecular weight excluding hydrogens is 422 g/mol. The van der Waals surface area contributed by atoms with Gasteiger partial charge >= 0.3 is 0 Å². The van der Waals surface area contributed by atoms with Crippen LogP contribution in [0, 0.1) is 18.3 Å². The summed E-state index contributed by atoms with van der Waals surface area (Å²) in [6, 6.07) is 15.3. The molecule has 0 saturated carbocycles. The molecule has 8 heteroatoms. The molecule has 4 aromatic rings. The molecule has 0 radical (unpaired) electrons. The van der Waals surface area contributed by atoms with Gasteiger partial charge in [-0.05, 0) is 55.6 Å². The number of fused-ring (bicyclic) bond motifs is 1. The van der Waals surface area contributed by atoms with Crippen molar-refractivity contribution < 1.29 is 9.53 Å². The zero-order chi connectivity index (χ0) is 22.7. The Kier molecular flexibility index (Phi) is 6.19. The Labute approximate surface area is 190 Å². The van der Waals surface area contributed by atoms with Gasteiger partial charge in [-0.2, -0.15) is 10.4 Å². The van der Waals surface area contributed by atoms with E-state index in [0.717, 1.165) is 27.4 Å². The Bertz CT molecular complexity index is 1290. The quantitative estimate of drug-likeness (QED) is 0.401. The van der Waals surface area contributed by atoms with Gasteiger partial charge in [-0.25, -0.2) is 4.98 Å². The van der Waals surface area contributed by atoms with Crippen molar-refractivity contribution in [1.29, 1.82) is 5.26 Å². The van der Waals surface area contributed by atoms with Crippen LogP contribution in [0.5, 0.6) is 5.75 Å². The van der Waals surface area contributed by atoms with E-state index in [4.69, 9.17) is 9.72 Å². The summed E-state index contributed by atoms with van der Waals surface area (Å²) in [5.74, 6) is 0.545. The first-order chi connectivity index (χ1) is 15.5. The van der Waals surface area contributed by atoms with Crippen LogP contribution in [0.25, 0.3) is 21.6 Å². The number of nitrogens with zero attached hydrogens (tertiary/aromatic N) is 5. The molecule has 162 valence electrons. The predicted octanol–water partition coefficient (Wildman–Crippen LogP) is 4.96. The lowest BCUT2D eigenvalue weighted by molar-refractivity contribution is 0.0989. The van der Waals surface area contributed by atoms with Gasteiger partial charge in [0.25, 0.3) is 5.91 Å². The first-order valence-corrected chi connectivity index (χ1v) is 11.2. The number of amides is 1. The highest BCUT2D eigenvalue weighted by molar-refractivity contribution is 7.13. The molecule has 4 rings (SSSR count). The van der Waals surface area contributed by atoms with Crippen LogP contribution >= 0.6 is 11.3 Å². The van der Waals surface area contributed by atoms with Crippen molar-refractivity contribution in [3.63, 3.8) is 0 Å². The summed E-state index contributed by atoms with van der Waals surface area (Å²) in [7, 11) is 1.83. The highest BCUT2D eigenvalue weighted by Crippen LogP contribution is 2.31. The van der Waals surface area contributed by atoms with Crippen molar-refractivity contribution >= 4 is 34.0 Å². The second kappa shape index (κ2) is 9.20. The van der Waals surface area contributed by atoms with Crippen molar-refractivity contribution in [3.8, 4) is 22.4 Å². The van der Waals surface area contributed by atoms with E-state index in [2.05, 4.69) is 11.2 Å². The lowest BCUT2D eigenvalue weighted by atomic mass is 10.1. The number of pyridine rings is 1. The van der Waals surface area contributed by atoms with Gasteiger partial charge in [0, 0.05) is 19.3 Å². The van der Waals surface area contributed by atoms with Crippen LogP contribution in [-0.2, 0) is 7.05 Å². The van der Waals surface area contributed by atoms with E-state index in [1.807, 2.05) is 68.7 Å². The van der Waals surface area contributed by atoms with Gasteiger partial charge in [0.05, 0.1) is 46.3 Å². The smallest absolute Gasteiger partial charge is 0.259 e. The van der Waals surface area contributed by atoms with Gasteiger partial charge < -0.3 is 9.64 Å². The minimum Gasteiger partial charge on any atom is -0.494 e. The van der Waals surface area contributed by atoms with Crippen molar-refractivity contribution in [2.24, 2.45) is 7.05 Å².